The molecule has 2 unspecified atom stereocenters. The van der Waals surface area contributed by atoms with E-state index < -0.39 is 0 Å². The first-order valence-corrected chi connectivity index (χ1v) is 8.52. The number of thiazole rings is 1. The molecule has 1 N–H and O–H groups in total. The van der Waals surface area contributed by atoms with E-state index in [4.69, 9.17) is 9.72 Å². The van der Waals surface area contributed by atoms with Gasteiger partial charge in [-0.3, -0.25) is 0 Å². The van der Waals surface area contributed by atoms with Crippen LogP contribution in [0.5, 0.6) is 0 Å². The third kappa shape index (κ3) is 2.58. The smallest absolute Gasteiger partial charge is 0.0986 e. The highest BCUT2D eigenvalue weighted by Gasteiger charge is 2.30. The zero-order valence-electron chi connectivity index (χ0n) is 11.4. The molecule has 3 aliphatic rings. The van der Waals surface area contributed by atoms with Crippen LogP contribution in [0.1, 0.15) is 59.5 Å². The summed E-state index contributed by atoms with van der Waals surface area (Å²) in [7, 11) is 0. The average Bonchev–Trinajstić information content (AvgIpc) is 2.94. The fourth-order valence-corrected chi connectivity index (χ4v) is 4.54. The molecule has 4 heteroatoms. The fraction of sp³-hybridized carbons (Fsp3) is 0.800. The van der Waals surface area contributed by atoms with Crippen molar-refractivity contribution in [3.05, 3.63) is 15.6 Å². The van der Waals surface area contributed by atoms with Gasteiger partial charge in [0.25, 0.3) is 0 Å². The van der Waals surface area contributed by atoms with Gasteiger partial charge in [0.2, 0.25) is 0 Å². The summed E-state index contributed by atoms with van der Waals surface area (Å²) in [6.45, 7) is 2.95. The molecule has 0 radical (unpaired) electrons. The minimum Gasteiger partial charge on any atom is -0.381 e. The second kappa shape index (κ2) is 5.15. The Kier molecular flexibility index (Phi) is 3.34. The van der Waals surface area contributed by atoms with E-state index >= 15 is 0 Å². The summed E-state index contributed by atoms with van der Waals surface area (Å²) >= 11 is 1.97. The van der Waals surface area contributed by atoms with Crippen molar-refractivity contribution in [3.8, 4) is 0 Å². The van der Waals surface area contributed by atoms with Crippen LogP contribution >= 0.6 is 11.3 Å². The van der Waals surface area contributed by atoms with E-state index in [0.717, 1.165) is 32.2 Å². The van der Waals surface area contributed by atoms with Crippen LogP contribution in [0, 0.1) is 0 Å². The van der Waals surface area contributed by atoms with Gasteiger partial charge < -0.3 is 10.1 Å². The largest absolute Gasteiger partial charge is 0.381 e. The van der Waals surface area contributed by atoms with Crippen molar-refractivity contribution in [3.63, 3.8) is 0 Å². The summed E-state index contributed by atoms with van der Waals surface area (Å²) in [5.41, 5.74) is 1.42. The molecule has 3 nitrogen and oxygen atoms in total. The molecule has 1 aromatic rings. The molecule has 1 saturated heterocycles. The Morgan fingerprint density at radius 3 is 3.00 bits per heavy atom. The van der Waals surface area contributed by atoms with Gasteiger partial charge in [0.05, 0.1) is 17.3 Å². The number of hydrogen-bond acceptors (Lipinski definition) is 4. The molecular formula is C15H22N2OS. The first-order chi connectivity index (χ1) is 9.40. The lowest BCUT2D eigenvalue weighted by molar-refractivity contribution is 0.194. The minimum atomic E-state index is 0.577. The van der Waals surface area contributed by atoms with E-state index in [0.29, 0.717) is 11.8 Å². The molecule has 2 aliphatic carbocycles. The molecule has 2 heterocycles. The lowest BCUT2D eigenvalue weighted by Crippen LogP contribution is -2.25. The van der Waals surface area contributed by atoms with E-state index in [9.17, 15) is 0 Å². The summed E-state index contributed by atoms with van der Waals surface area (Å²) in [5, 5.41) is 5.03. The van der Waals surface area contributed by atoms with E-state index in [1.54, 1.807) is 4.88 Å². The SMILES string of the molecule is C1Cc2sc(C3CCOC3)nc2C(CNC2CC2)C1. The van der Waals surface area contributed by atoms with Crippen LogP contribution in [0.2, 0.25) is 0 Å². The Bertz CT molecular complexity index is 449. The lowest BCUT2D eigenvalue weighted by Gasteiger charge is -2.21. The lowest BCUT2D eigenvalue weighted by atomic mass is 9.91. The monoisotopic (exact) mass is 278 g/mol. The maximum Gasteiger partial charge on any atom is 0.0986 e. The topological polar surface area (TPSA) is 34.1 Å². The summed E-state index contributed by atoms with van der Waals surface area (Å²) in [6.07, 6.45) is 7.82. The molecule has 0 aromatic carbocycles. The highest BCUT2D eigenvalue weighted by atomic mass is 32.1. The Labute approximate surface area is 118 Å². The predicted octanol–water partition coefficient (Wildman–Crippen LogP) is 2.82. The van der Waals surface area contributed by atoms with Gasteiger partial charge in [-0.15, -0.1) is 11.3 Å². The van der Waals surface area contributed by atoms with Gasteiger partial charge in [0, 0.05) is 35.9 Å². The molecular weight excluding hydrogens is 256 g/mol. The maximum atomic E-state index is 5.51. The number of fused-ring (bicyclic) bond motifs is 1. The molecule has 1 aliphatic heterocycles. The Morgan fingerprint density at radius 1 is 1.26 bits per heavy atom. The molecule has 1 saturated carbocycles. The van der Waals surface area contributed by atoms with Crippen LogP contribution < -0.4 is 5.32 Å². The molecule has 4 rings (SSSR count). The molecule has 0 spiro atoms. The fourth-order valence-electron chi connectivity index (χ4n) is 3.23. The van der Waals surface area contributed by atoms with Gasteiger partial charge in [-0.2, -0.15) is 0 Å². The van der Waals surface area contributed by atoms with Crippen LogP contribution in [0.4, 0.5) is 0 Å². The molecule has 2 atom stereocenters. The number of ether oxygens (including phenoxy) is 1. The van der Waals surface area contributed by atoms with Crippen molar-refractivity contribution >= 4 is 11.3 Å². The molecule has 104 valence electrons. The van der Waals surface area contributed by atoms with E-state index in [1.165, 1.54) is 42.8 Å². The highest BCUT2D eigenvalue weighted by Crippen LogP contribution is 2.38. The zero-order valence-corrected chi connectivity index (χ0v) is 12.2. The van der Waals surface area contributed by atoms with Crippen LogP contribution in [-0.4, -0.2) is 30.8 Å². The normalized spacial score (nSPS) is 30.5. The summed E-state index contributed by atoms with van der Waals surface area (Å²) in [5.74, 6) is 1.24. The van der Waals surface area contributed by atoms with Gasteiger partial charge in [0.15, 0.2) is 0 Å². The molecule has 0 amide bonds. The Hall–Kier alpha value is -0.450. The van der Waals surface area contributed by atoms with E-state index in [1.807, 2.05) is 11.3 Å². The van der Waals surface area contributed by atoms with Gasteiger partial charge in [0.1, 0.15) is 0 Å². The predicted molar refractivity (Wildman–Crippen MR) is 77.0 cm³/mol. The number of hydrogen-bond donors (Lipinski definition) is 1. The molecule has 19 heavy (non-hydrogen) atoms. The number of nitrogens with zero attached hydrogens (tertiary/aromatic N) is 1. The molecule has 0 bridgehead atoms. The highest BCUT2D eigenvalue weighted by molar-refractivity contribution is 7.11. The van der Waals surface area contributed by atoms with Gasteiger partial charge in [-0.25, -0.2) is 4.98 Å². The average molecular weight is 278 g/mol. The van der Waals surface area contributed by atoms with Crippen molar-refractivity contribution < 1.29 is 4.74 Å². The zero-order chi connectivity index (χ0) is 12.7. The number of rotatable bonds is 4. The number of aromatic nitrogens is 1. The summed E-state index contributed by atoms with van der Waals surface area (Å²) in [6, 6.07) is 0.812. The van der Waals surface area contributed by atoms with Crippen LogP contribution in [0.3, 0.4) is 0 Å². The van der Waals surface area contributed by atoms with Gasteiger partial charge in [-0.05, 0) is 38.5 Å². The molecule has 1 aromatic heterocycles. The Morgan fingerprint density at radius 2 is 2.21 bits per heavy atom. The van der Waals surface area contributed by atoms with Crippen LogP contribution in [-0.2, 0) is 11.2 Å². The van der Waals surface area contributed by atoms with Crippen molar-refractivity contribution in [2.24, 2.45) is 0 Å². The van der Waals surface area contributed by atoms with Gasteiger partial charge >= 0.3 is 0 Å². The van der Waals surface area contributed by atoms with E-state index in [-0.39, 0.29) is 0 Å². The van der Waals surface area contributed by atoms with Crippen molar-refractivity contribution in [2.75, 3.05) is 19.8 Å². The van der Waals surface area contributed by atoms with Crippen molar-refractivity contribution in [1.29, 1.82) is 0 Å². The second-order valence-corrected chi connectivity index (χ2v) is 7.31. The number of nitrogens with one attached hydrogen (secondary N) is 1. The van der Waals surface area contributed by atoms with E-state index in [2.05, 4.69) is 5.32 Å². The minimum absolute atomic E-state index is 0.577. The Balaban J connectivity index is 1.51. The third-order valence-corrected chi connectivity index (χ3v) is 5.89. The maximum absolute atomic E-state index is 5.51. The quantitative estimate of drug-likeness (QED) is 0.919. The molecule has 2 fully saturated rings. The van der Waals surface area contributed by atoms with Crippen LogP contribution in [0.25, 0.3) is 0 Å². The van der Waals surface area contributed by atoms with Crippen molar-refractivity contribution in [2.45, 2.75) is 56.4 Å². The number of aryl methyl sites for hydroxylation is 1. The van der Waals surface area contributed by atoms with Crippen LogP contribution in [0.15, 0.2) is 0 Å². The summed E-state index contributed by atoms with van der Waals surface area (Å²) < 4.78 is 5.51. The first kappa shape index (κ1) is 12.3. The van der Waals surface area contributed by atoms with Crippen molar-refractivity contribution in [1.82, 2.24) is 10.3 Å². The second-order valence-electron chi connectivity index (χ2n) is 6.19. The third-order valence-electron chi connectivity index (χ3n) is 4.60. The van der Waals surface area contributed by atoms with Gasteiger partial charge in [-0.1, -0.05) is 0 Å². The first-order valence-electron chi connectivity index (χ1n) is 7.71. The standard InChI is InChI=1S/C15H22N2OS/c1-2-10(8-16-12-4-5-12)14-13(3-1)19-15(17-14)11-6-7-18-9-11/h10-12,16H,1-9H2. The summed E-state index contributed by atoms with van der Waals surface area (Å²) in [4.78, 5) is 6.58.